The lowest BCUT2D eigenvalue weighted by molar-refractivity contribution is 0.423. The molecular formula is C19H24N4O. The topological polar surface area (TPSA) is 106 Å². The number of aromatic hydroxyl groups is 1. The molecule has 1 aromatic carbocycles. The first-order valence-electron chi connectivity index (χ1n) is 7.63. The van der Waals surface area contributed by atoms with Gasteiger partial charge in [-0.25, -0.2) is 4.99 Å². The van der Waals surface area contributed by atoms with Gasteiger partial charge >= 0.3 is 0 Å². The molecular weight excluding hydrogens is 300 g/mol. The number of hydrogen-bond donors (Lipinski definition) is 2. The van der Waals surface area contributed by atoms with Crippen molar-refractivity contribution in [3.05, 3.63) is 40.2 Å². The average molecular weight is 324 g/mol. The van der Waals surface area contributed by atoms with Crippen LogP contribution < -0.4 is 5.73 Å². The maximum atomic E-state index is 10.7. The van der Waals surface area contributed by atoms with E-state index in [1.54, 1.807) is 6.07 Å². The number of benzene rings is 1. The summed E-state index contributed by atoms with van der Waals surface area (Å²) < 4.78 is 0. The van der Waals surface area contributed by atoms with Gasteiger partial charge < -0.3 is 10.8 Å². The van der Waals surface area contributed by atoms with Crippen LogP contribution in [-0.4, -0.2) is 11.3 Å². The molecule has 1 aromatic rings. The summed E-state index contributed by atoms with van der Waals surface area (Å²) in [5.74, 6) is 0.278. The molecule has 0 aliphatic carbocycles. The van der Waals surface area contributed by atoms with E-state index in [0.29, 0.717) is 0 Å². The fourth-order valence-corrected chi connectivity index (χ4v) is 2.23. The third-order valence-corrected chi connectivity index (χ3v) is 3.57. The van der Waals surface area contributed by atoms with E-state index in [4.69, 9.17) is 16.3 Å². The number of phenols is 1. The van der Waals surface area contributed by atoms with E-state index in [-0.39, 0.29) is 28.0 Å². The highest BCUT2D eigenvalue weighted by Crippen LogP contribution is 2.39. The van der Waals surface area contributed by atoms with Crippen molar-refractivity contribution in [2.24, 2.45) is 10.7 Å². The van der Waals surface area contributed by atoms with Crippen molar-refractivity contribution in [3.8, 4) is 17.9 Å². The zero-order valence-electron chi connectivity index (χ0n) is 15.1. The molecule has 3 N–H and O–H groups in total. The van der Waals surface area contributed by atoms with Crippen LogP contribution in [0.3, 0.4) is 0 Å². The Hall–Kier alpha value is -2.79. The summed E-state index contributed by atoms with van der Waals surface area (Å²) in [6.45, 7) is 12.1. The lowest BCUT2D eigenvalue weighted by Gasteiger charge is -2.27. The van der Waals surface area contributed by atoms with Gasteiger partial charge in [0.2, 0.25) is 0 Å². The summed E-state index contributed by atoms with van der Waals surface area (Å²) in [5.41, 5.74) is 6.93. The quantitative estimate of drug-likeness (QED) is 0.640. The summed E-state index contributed by atoms with van der Waals surface area (Å²) in [6.07, 6.45) is 1.49. The molecule has 0 spiro atoms. The second kappa shape index (κ2) is 6.76. The molecule has 0 saturated heterocycles. The van der Waals surface area contributed by atoms with Crippen molar-refractivity contribution in [3.63, 3.8) is 0 Å². The van der Waals surface area contributed by atoms with Gasteiger partial charge in [0.25, 0.3) is 0 Å². The lowest BCUT2D eigenvalue weighted by Crippen LogP contribution is -2.17. The zero-order valence-corrected chi connectivity index (χ0v) is 15.1. The highest BCUT2D eigenvalue weighted by atomic mass is 16.3. The van der Waals surface area contributed by atoms with Gasteiger partial charge in [0.15, 0.2) is 5.70 Å². The summed E-state index contributed by atoms with van der Waals surface area (Å²) in [6, 6.07) is 7.20. The zero-order chi connectivity index (χ0) is 18.7. The minimum Gasteiger partial charge on any atom is -0.507 e. The van der Waals surface area contributed by atoms with Crippen molar-refractivity contribution in [2.45, 2.75) is 52.4 Å². The normalized spacial score (nSPS) is 13.3. The highest BCUT2D eigenvalue weighted by molar-refractivity contribution is 5.82. The van der Waals surface area contributed by atoms with E-state index in [9.17, 15) is 5.11 Å². The first kappa shape index (κ1) is 19.3. The first-order valence-corrected chi connectivity index (χ1v) is 7.63. The third-order valence-electron chi connectivity index (χ3n) is 3.57. The molecule has 0 radical (unpaired) electrons. The highest BCUT2D eigenvalue weighted by Gasteiger charge is 2.26. The second-order valence-corrected chi connectivity index (χ2v) is 7.71. The maximum absolute atomic E-state index is 10.7. The summed E-state index contributed by atoms with van der Waals surface area (Å²) >= 11 is 0. The van der Waals surface area contributed by atoms with Crippen LogP contribution in [0.2, 0.25) is 0 Å². The molecule has 0 atom stereocenters. The van der Waals surface area contributed by atoms with Crippen molar-refractivity contribution in [2.75, 3.05) is 0 Å². The Bertz CT molecular complexity index is 741. The molecule has 0 saturated carbocycles. The van der Waals surface area contributed by atoms with E-state index in [1.165, 1.54) is 6.21 Å². The molecule has 0 unspecified atom stereocenters. The van der Waals surface area contributed by atoms with Gasteiger partial charge in [0.05, 0.1) is 0 Å². The maximum Gasteiger partial charge on any atom is 0.174 e. The van der Waals surface area contributed by atoms with Gasteiger partial charge in [0.1, 0.15) is 23.6 Å². The smallest absolute Gasteiger partial charge is 0.174 e. The fourth-order valence-electron chi connectivity index (χ4n) is 2.23. The van der Waals surface area contributed by atoms with E-state index >= 15 is 0 Å². The van der Waals surface area contributed by atoms with Gasteiger partial charge in [-0.15, -0.1) is 0 Å². The van der Waals surface area contributed by atoms with Crippen LogP contribution in [-0.2, 0) is 10.8 Å². The van der Waals surface area contributed by atoms with Crippen LogP contribution in [0.5, 0.6) is 5.75 Å². The molecule has 24 heavy (non-hydrogen) atoms. The Kier molecular flexibility index (Phi) is 5.43. The van der Waals surface area contributed by atoms with Crippen molar-refractivity contribution >= 4 is 6.21 Å². The monoisotopic (exact) mass is 324 g/mol. The van der Waals surface area contributed by atoms with Crippen LogP contribution >= 0.6 is 0 Å². The number of aliphatic imine (C=N–C) groups is 1. The Morgan fingerprint density at radius 3 is 1.83 bits per heavy atom. The predicted octanol–water partition coefficient (Wildman–Crippen LogP) is 3.62. The van der Waals surface area contributed by atoms with Crippen LogP contribution in [0.1, 0.15) is 58.2 Å². The summed E-state index contributed by atoms with van der Waals surface area (Å²) in [7, 11) is 0. The summed E-state index contributed by atoms with van der Waals surface area (Å²) in [4.78, 5) is 4.02. The largest absolute Gasteiger partial charge is 0.507 e. The van der Waals surface area contributed by atoms with Gasteiger partial charge in [-0.2, -0.15) is 10.5 Å². The fraction of sp³-hybridized carbons (Fsp3) is 0.421. The van der Waals surface area contributed by atoms with E-state index in [0.717, 1.165) is 16.7 Å². The number of nitriles is 2. The Labute approximate surface area is 143 Å². The number of hydrogen-bond acceptors (Lipinski definition) is 5. The molecule has 5 heteroatoms. The number of allylic oxidation sites excluding steroid dienone is 2. The van der Waals surface area contributed by atoms with E-state index in [2.05, 4.69) is 4.99 Å². The number of nitrogens with two attached hydrogens (primary N) is 1. The van der Waals surface area contributed by atoms with Gasteiger partial charge in [-0.05, 0) is 28.5 Å². The molecule has 1 rings (SSSR count). The minimum atomic E-state index is -0.256. The number of nitrogens with zero attached hydrogens (tertiary/aromatic N) is 3. The Morgan fingerprint density at radius 2 is 1.50 bits per heavy atom. The van der Waals surface area contributed by atoms with Crippen molar-refractivity contribution in [1.29, 1.82) is 10.5 Å². The Morgan fingerprint density at radius 1 is 1.04 bits per heavy atom. The van der Waals surface area contributed by atoms with E-state index in [1.807, 2.05) is 59.7 Å². The molecule has 0 fully saturated rings. The minimum absolute atomic E-state index is 0.125. The molecule has 0 heterocycles. The van der Waals surface area contributed by atoms with E-state index < -0.39 is 0 Å². The number of phenolic OH excluding ortho intramolecular Hbond substituents is 1. The molecule has 126 valence electrons. The molecule has 0 amide bonds. The van der Waals surface area contributed by atoms with Gasteiger partial charge in [-0.1, -0.05) is 41.5 Å². The standard InChI is InChI=1S/C19H24N4O/c1-18(2,3)13-7-12(8-14(17(13)24)19(4,5)6)11-23-16(10-21)15(22)9-20/h7-8,11,24H,22H2,1-6H3/b16-15-,23-11?. The Balaban J connectivity index is 3.58. The SMILES string of the molecule is CC(C)(C)c1cc(C=N/C(C#N)=C(\N)C#N)cc(C(C)(C)C)c1O. The summed E-state index contributed by atoms with van der Waals surface area (Å²) in [5, 5.41) is 28.5. The second-order valence-electron chi connectivity index (χ2n) is 7.71. The average Bonchev–Trinajstić information content (AvgIpc) is 2.46. The third kappa shape index (κ3) is 4.36. The van der Waals surface area contributed by atoms with Crippen LogP contribution in [0.4, 0.5) is 0 Å². The van der Waals surface area contributed by atoms with Crippen molar-refractivity contribution in [1.82, 2.24) is 0 Å². The molecule has 0 aromatic heterocycles. The number of rotatable bonds is 2. The van der Waals surface area contributed by atoms with Gasteiger partial charge in [0, 0.05) is 17.3 Å². The molecule has 0 aliphatic rings. The van der Waals surface area contributed by atoms with Gasteiger partial charge in [-0.3, -0.25) is 0 Å². The lowest BCUT2D eigenvalue weighted by atomic mass is 9.78. The first-order chi connectivity index (χ1) is 10.9. The molecule has 0 bridgehead atoms. The molecule has 5 nitrogen and oxygen atoms in total. The van der Waals surface area contributed by atoms with Crippen molar-refractivity contribution < 1.29 is 5.11 Å². The van der Waals surface area contributed by atoms with Crippen LogP contribution in [0.25, 0.3) is 0 Å². The molecule has 0 aliphatic heterocycles. The predicted molar refractivity (Wildman–Crippen MR) is 95.5 cm³/mol. The van der Waals surface area contributed by atoms with Crippen LogP contribution in [0, 0.1) is 22.7 Å². The van der Waals surface area contributed by atoms with Crippen LogP contribution in [0.15, 0.2) is 28.5 Å².